The van der Waals surface area contributed by atoms with E-state index in [2.05, 4.69) is 5.32 Å². The van der Waals surface area contributed by atoms with Gasteiger partial charge in [-0.3, -0.25) is 0 Å². The third-order valence-corrected chi connectivity index (χ3v) is 3.52. The first-order chi connectivity index (χ1) is 7.40. The zero-order chi connectivity index (χ0) is 12.2. The molecule has 0 saturated carbocycles. The third kappa shape index (κ3) is 4.77. The van der Waals surface area contributed by atoms with Crippen LogP contribution in [0.15, 0.2) is 24.3 Å². The fraction of sp³-hybridized carbons (Fsp3) is 0.500. The van der Waals surface area contributed by atoms with Gasteiger partial charge in [0.2, 0.25) is 0 Å². The standard InChI is InChI=1S/C12H19NO2S/c1-10-4-6-11(7-5-10)8-12(13-2)9-16(3,14)15/h4-7,12-13H,8-9H2,1-3H3. The highest BCUT2D eigenvalue weighted by Crippen LogP contribution is 2.07. The van der Waals surface area contributed by atoms with Gasteiger partial charge in [-0.25, -0.2) is 8.42 Å². The SMILES string of the molecule is CNC(Cc1ccc(C)cc1)CS(C)(=O)=O. The monoisotopic (exact) mass is 241 g/mol. The lowest BCUT2D eigenvalue weighted by Gasteiger charge is -2.15. The normalized spacial score (nSPS) is 13.7. The molecule has 0 aliphatic heterocycles. The van der Waals surface area contributed by atoms with Gasteiger partial charge in [0.25, 0.3) is 0 Å². The van der Waals surface area contributed by atoms with Gasteiger partial charge < -0.3 is 5.32 Å². The van der Waals surface area contributed by atoms with E-state index in [1.807, 2.05) is 31.2 Å². The highest BCUT2D eigenvalue weighted by Gasteiger charge is 2.13. The van der Waals surface area contributed by atoms with Gasteiger partial charge in [-0.2, -0.15) is 0 Å². The molecular formula is C12H19NO2S. The number of hydrogen-bond donors (Lipinski definition) is 1. The number of likely N-dealkylation sites (N-methyl/N-ethyl adjacent to an activating group) is 1. The zero-order valence-electron chi connectivity index (χ0n) is 10.0. The van der Waals surface area contributed by atoms with Crippen LogP contribution in [0.5, 0.6) is 0 Å². The summed E-state index contributed by atoms with van der Waals surface area (Å²) in [6.45, 7) is 2.04. The minimum absolute atomic E-state index is 0.0160. The summed E-state index contributed by atoms with van der Waals surface area (Å²) in [6.07, 6.45) is 2.01. The zero-order valence-corrected chi connectivity index (χ0v) is 10.8. The second kappa shape index (κ2) is 5.46. The first-order valence-corrected chi connectivity index (χ1v) is 7.37. The van der Waals surface area contributed by atoms with Crippen LogP contribution in [-0.4, -0.2) is 33.5 Å². The Balaban J connectivity index is 2.67. The van der Waals surface area contributed by atoms with E-state index in [9.17, 15) is 8.42 Å². The summed E-state index contributed by atoms with van der Waals surface area (Å²) in [5.74, 6) is 0.178. The highest BCUT2D eigenvalue weighted by atomic mass is 32.2. The van der Waals surface area contributed by atoms with Crippen molar-refractivity contribution in [2.75, 3.05) is 19.1 Å². The molecule has 1 unspecified atom stereocenters. The number of hydrogen-bond acceptors (Lipinski definition) is 3. The Morgan fingerprint density at radius 2 is 1.81 bits per heavy atom. The van der Waals surface area contributed by atoms with Gasteiger partial charge in [-0.15, -0.1) is 0 Å². The number of rotatable bonds is 5. The van der Waals surface area contributed by atoms with Crippen LogP contribution in [0.1, 0.15) is 11.1 Å². The second-order valence-electron chi connectivity index (χ2n) is 4.27. The number of nitrogens with one attached hydrogen (secondary N) is 1. The van der Waals surface area contributed by atoms with Gasteiger partial charge >= 0.3 is 0 Å². The molecule has 16 heavy (non-hydrogen) atoms. The van der Waals surface area contributed by atoms with Gasteiger partial charge in [0.15, 0.2) is 0 Å². The smallest absolute Gasteiger partial charge is 0.148 e. The minimum Gasteiger partial charge on any atom is -0.316 e. The molecule has 1 aromatic carbocycles. The van der Waals surface area contributed by atoms with Crippen LogP contribution in [0.2, 0.25) is 0 Å². The van der Waals surface area contributed by atoms with E-state index in [-0.39, 0.29) is 11.8 Å². The number of aryl methyl sites for hydroxylation is 1. The molecule has 0 aliphatic carbocycles. The quantitative estimate of drug-likeness (QED) is 0.841. The molecule has 0 spiro atoms. The number of sulfone groups is 1. The maximum absolute atomic E-state index is 11.2. The largest absolute Gasteiger partial charge is 0.316 e. The Bertz CT molecular complexity index is 423. The Hall–Kier alpha value is -0.870. The van der Waals surface area contributed by atoms with Crippen LogP contribution in [0.25, 0.3) is 0 Å². The average Bonchev–Trinajstić information content (AvgIpc) is 2.18. The molecule has 0 bridgehead atoms. The van der Waals surface area contributed by atoms with Crippen molar-refractivity contribution in [1.29, 1.82) is 0 Å². The van der Waals surface area contributed by atoms with Crippen molar-refractivity contribution in [2.45, 2.75) is 19.4 Å². The predicted molar refractivity (Wildman–Crippen MR) is 67.4 cm³/mol. The van der Waals surface area contributed by atoms with Crippen LogP contribution in [-0.2, 0) is 16.3 Å². The van der Waals surface area contributed by atoms with Crippen LogP contribution in [0.3, 0.4) is 0 Å². The van der Waals surface area contributed by atoms with Crippen molar-refractivity contribution in [1.82, 2.24) is 5.32 Å². The summed E-state index contributed by atoms with van der Waals surface area (Å²) < 4.78 is 22.4. The van der Waals surface area contributed by atoms with Crippen molar-refractivity contribution < 1.29 is 8.42 Å². The Morgan fingerprint density at radius 3 is 2.25 bits per heavy atom. The lowest BCUT2D eigenvalue weighted by molar-refractivity contribution is 0.567. The molecule has 3 nitrogen and oxygen atoms in total. The molecule has 4 heteroatoms. The van der Waals surface area contributed by atoms with E-state index in [1.165, 1.54) is 11.8 Å². The molecule has 1 atom stereocenters. The fourth-order valence-corrected chi connectivity index (χ4v) is 2.63. The van der Waals surface area contributed by atoms with Crippen LogP contribution in [0.4, 0.5) is 0 Å². The van der Waals surface area contributed by atoms with Crippen LogP contribution >= 0.6 is 0 Å². The summed E-state index contributed by atoms with van der Waals surface area (Å²) in [4.78, 5) is 0. The maximum atomic E-state index is 11.2. The molecule has 0 amide bonds. The average molecular weight is 241 g/mol. The number of benzene rings is 1. The van der Waals surface area contributed by atoms with E-state index >= 15 is 0 Å². The molecular weight excluding hydrogens is 222 g/mol. The lowest BCUT2D eigenvalue weighted by Crippen LogP contribution is -2.34. The topological polar surface area (TPSA) is 46.2 Å². The molecule has 0 fully saturated rings. The summed E-state index contributed by atoms with van der Waals surface area (Å²) in [5, 5.41) is 3.04. The van der Waals surface area contributed by atoms with Gasteiger partial charge in [-0.1, -0.05) is 29.8 Å². The summed E-state index contributed by atoms with van der Waals surface area (Å²) in [5.41, 5.74) is 2.38. The molecule has 0 aliphatic rings. The Morgan fingerprint density at radius 1 is 1.25 bits per heavy atom. The van der Waals surface area contributed by atoms with Crippen molar-refractivity contribution in [3.05, 3.63) is 35.4 Å². The lowest BCUT2D eigenvalue weighted by atomic mass is 10.1. The van der Waals surface area contributed by atoms with Crippen LogP contribution < -0.4 is 5.32 Å². The molecule has 90 valence electrons. The summed E-state index contributed by atoms with van der Waals surface area (Å²) in [7, 11) is -1.13. The fourth-order valence-electron chi connectivity index (χ4n) is 1.62. The Kier molecular flexibility index (Phi) is 4.50. The van der Waals surface area contributed by atoms with Crippen molar-refractivity contribution in [2.24, 2.45) is 0 Å². The van der Waals surface area contributed by atoms with Gasteiger partial charge in [-0.05, 0) is 26.0 Å². The predicted octanol–water partition coefficient (Wildman–Crippen LogP) is 1.17. The summed E-state index contributed by atoms with van der Waals surface area (Å²) >= 11 is 0. The maximum Gasteiger partial charge on any atom is 0.148 e. The van der Waals surface area contributed by atoms with Gasteiger partial charge in [0.1, 0.15) is 9.84 Å². The van der Waals surface area contributed by atoms with Crippen LogP contribution in [0, 0.1) is 6.92 Å². The molecule has 0 heterocycles. The molecule has 0 aromatic heterocycles. The highest BCUT2D eigenvalue weighted by molar-refractivity contribution is 7.90. The molecule has 1 N–H and O–H groups in total. The van der Waals surface area contributed by atoms with Gasteiger partial charge in [0.05, 0.1) is 5.75 Å². The van der Waals surface area contributed by atoms with Crippen molar-refractivity contribution in [3.63, 3.8) is 0 Å². The van der Waals surface area contributed by atoms with E-state index < -0.39 is 9.84 Å². The van der Waals surface area contributed by atoms with E-state index in [4.69, 9.17) is 0 Å². The first kappa shape index (κ1) is 13.2. The minimum atomic E-state index is -2.93. The molecule has 0 radical (unpaired) electrons. The molecule has 1 aromatic rings. The third-order valence-electron chi connectivity index (χ3n) is 2.51. The molecule has 1 rings (SSSR count). The van der Waals surface area contributed by atoms with E-state index in [0.717, 1.165) is 12.0 Å². The second-order valence-corrected chi connectivity index (χ2v) is 6.45. The van der Waals surface area contributed by atoms with Crippen molar-refractivity contribution in [3.8, 4) is 0 Å². The van der Waals surface area contributed by atoms with E-state index in [0.29, 0.717) is 0 Å². The van der Waals surface area contributed by atoms with E-state index in [1.54, 1.807) is 7.05 Å². The Labute approximate surface area is 97.8 Å². The molecule has 0 saturated heterocycles. The summed E-state index contributed by atoms with van der Waals surface area (Å²) in [6, 6.07) is 8.16. The first-order valence-electron chi connectivity index (χ1n) is 5.31. The van der Waals surface area contributed by atoms with Gasteiger partial charge in [0, 0.05) is 12.3 Å². The van der Waals surface area contributed by atoms with Crippen molar-refractivity contribution >= 4 is 9.84 Å².